The van der Waals surface area contributed by atoms with Crippen LogP contribution < -0.4 is 11.6 Å². The van der Waals surface area contributed by atoms with Gasteiger partial charge in [-0.05, 0) is 67.3 Å². The van der Waals surface area contributed by atoms with E-state index in [-0.39, 0.29) is 5.84 Å². The van der Waals surface area contributed by atoms with Crippen LogP contribution in [-0.4, -0.2) is 29.9 Å². The summed E-state index contributed by atoms with van der Waals surface area (Å²) in [6, 6.07) is 16.6. The zero-order chi connectivity index (χ0) is 25.4. The summed E-state index contributed by atoms with van der Waals surface area (Å²) >= 11 is 0. The zero-order valence-corrected chi connectivity index (χ0v) is 21.0. The van der Waals surface area contributed by atoms with Gasteiger partial charge in [0.05, 0.1) is 18.6 Å². The first-order valence-corrected chi connectivity index (χ1v) is 12.0. The van der Waals surface area contributed by atoms with Gasteiger partial charge in [-0.15, -0.1) is 0 Å². The summed E-state index contributed by atoms with van der Waals surface area (Å²) in [7, 11) is 0. The number of hydrogen-bond donors (Lipinski definition) is 2. The van der Waals surface area contributed by atoms with Crippen molar-refractivity contribution in [2.24, 2.45) is 16.7 Å². The van der Waals surface area contributed by atoms with Crippen molar-refractivity contribution in [3.63, 3.8) is 0 Å². The summed E-state index contributed by atoms with van der Waals surface area (Å²) in [5.74, 6) is 6.85. The van der Waals surface area contributed by atoms with Crippen molar-refractivity contribution in [1.82, 2.24) is 24.1 Å². The summed E-state index contributed by atoms with van der Waals surface area (Å²) in [5, 5.41) is 3.74. The molecule has 0 aliphatic carbocycles. The van der Waals surface area contributed by atoms with E-state index in [2.05, 4.69) is 64.9 Å². The Morgan fingerprint density at radius 3 is 2.42 bits per heavy atom. The average Bonchev–Trinajstić information content (AvgIpc) is 3.47. The van der Waals surface area contributed by atoms with E-state index in [4.69, 9.17) is 21.5 Å². The molecule has 0 radical (unpaired) electrons. The molecule has 0 atom stereocenters. The van der Waals surface area contributed by atoms with Gasteiger partial charge in [0.1, 0.15) is 11.3 Å². The number of hydrogen-bond acceptors (Lipinski definition) is 5. The van der Waals surface area contributed by atoms with Crippen LogP contribution in [0.3, 0.4) is 0 Å². The highest BCUT2D eigenvalue weighted by molar-refractivity contribution is 6.03. The Labute approximate surface area is 210 Å². The van der Waals surface area contributed by atoms with Crippen LogP contribution in [0.1, 0.15) is 40.8 Å². The highest BCUT2D eigenvalue weighted by atomic mass is 15.2. The van der Waals surface area contributed by atoms with Crippen molar-refractivity contribution in [2.75, 3.05) is 0 Å². The van der Waals surface area contributed by atoms with E-state index in [1.165, 1.54) is 0 Å². The number of aryl methyl sites for hydroxylation is 4. The Balaban J connectivity index is 1.53. The minimum Gasteiger partial charge on any atom is -0.382 e. The SMILES string of the molecule is CCc1nc2c(C)cc(C)nc2n1Cc1ccc(-c2cc(-n3cnc(C)c3)ccc2/C(N)=N/N)cc1. The quantitative estimate of drug-likeness (QED) is 0.163. The highest BCUT2D eigenvalue weighted by Crippen LogP contribution is 2.28. The van der Waals surface area contributed by atoms with E-state index in [1.54, 1.807) is 6.33 Å². The molecule has 0 unspecified atom stereocenters. The predicted molar refractivity (Wildman–Crippen MR) is 144 cm³/mol. The summed E-state index contributed by atoms with van der Waals surface area (Å²) in [6.07, 6.45) is 4.63. The van der Waals surface area contributed by atoms with Crippen molar-refractivity contribution in [3.8, 4) is 16.8 Å². The molecule has 3 aromatic heterocycles. The van der Waals surface area contributed by atoms with Crippen LogP contribution in [0.5, 0.6) is 0 Å². The van der Waals surface area contributed by atoms with Crippen LogP contribution in [0.2, 0.25) is 0 Å². The number of imidazole rings is 2. The molecule has 4 N–H and O–H groups in total. The second-order valence-electron chi connectivity index (χ2n) is 9.08. The number of nitrogens with two attached hydrogens (primary N) is 2. The van der Waals surface area contributed by atoms with Crippen molar-refractivity contribution in [1.29, 1.82) is 0 Å². The molecule has 0 saturated heterocycles. The number of aromatic nitrogens is 5. The van der Waals surface area contributed by atoms with Crippen molar-refractivity contribution >= 4 is 17.0 Å². The van der Waals surface area contributed by atoms with E-state index in [1.807, 2.05) is 36.7 Å². The minimum absolute atomic E-state index is 0.289. The molecule has 5 aromatic rings. The van der Waals surface area contributed by atoms with E-state index < -0.39 is 0 Å². The van der Waals surface area contributed by atoms with Gasteiger partial charge in [-0.2, -0.15) is 5.10 Å². The topological polar surface area (TPSA) is 113 Å². The molecule has 0 spiro atoms. The van der Waals surface area contributed by atoms with Crippen LogP contribution in [0.25, 0.3) is 28.0 Å². The lowest BCUT2D eigenvalue weighted by Crippen LogP contribution is -2.17. The molecule has 3 heterocycles. The standard InChI is InChI=1S/C28H30N8/c1-5-25-33-26-17(2)12-18(3)32-28(26)36(25)15-20-6-8-21(9-7-20)24-13-22(35-14-19(4)31-16-35)10-11-23(24)27(29)34-30/h6-14,16H,5,15,30H2,1-4H3,(H2,29,34). The first kappa shape index (κ1) is 23.3. The molecular weight excluding hydrogens is 448 g/mol. The van der Waals surface area contributed by atoms with Gasteiger partial charge in [0.15, 0.2) is 11.5 Å². The number of hydrazone groups is 1. The number of fused-ring (bicyclic) bond motifs is 1. The Kier molecular flexibility index (Phi) is 6.01. The minimum atomic E-state index is 0.289. The lowest BCUT2D eigenvalue weighted by atomic mass is 9.97. The Hall–Kier alpha value is -4.46. The molecular formula is C28H30N8. The second-order valence-corrected chi connectivity index (χ2v) is 9.08. The third kappa shape index (κ3) is 4.22. The maximum atomic E-state index is 6.14. The van der Waals surface area contributed by atoms with Gasteiger partial charge in [0.2, 0.25) is 0 Å². The third-order valence-corrected chi connectivity index (χ3v) is 6.45. The van der Waals surface area contributed by atoms with E-state index in [0.717, 1.165) is 68.3 Å². The molecule has 0 bridgehead atoms. The number of pyridine rings is 1. The maximum Gasteiger partial charge on any atom is 0.160 e. The molecule has 2 aromatic carbocycles. The van der Waals surface area contributed by atoms with Gasteiger partial charge in [-0.3, -0.25) is 0 Å². The zero-order valence-electron chi connectivity index (χ0n) is 21.0. The summed E-state index contributed by atoms with van der Waals surface area (Å²) in [5.41, 5.74) is 16.1. The van der Waals surface area contributed by atoms with Crippen LogP contribution in [0, 0.1) is 20.8 Å². The lowest BCUT2D eigenvalue weighted by Gasteiger charge is -2.13. The van der Waals surface area contributed by atoms with E-state index >= 15 is 0 Å². The second kappa shape index (κ2) is 9.30. The normalized spacial score (nSPS) is 11.9. The van der Waals surface area contributed by atoms with E-state index in [9.17, 15) is 0 Å². The molecule has 0 amide bonds. The predicted octanol–water partition coefficient (Wildman–Crippen LogP) is 4.40. The molecule has 0 aliphatic heterocycles. The fourth-order valence-electron chi connectivity index (χ4n) is 4.64. The molecule has 5 rings (SSSR count). The van der Waals surface area contributed by atoms with Crippen molar-refractivity contribution in [3.05, 3.63) is 95.0 Å². The average molecular weight is 479 g/mol. The maximum absolute atomic E-state index is 6.14. The molecule has 36 heavy (non-hydrogen) atoms. The smallest absolute Gasteiger partial charge is 0.160 e. The fourth-order valence-corrected chi connectivity index (χ4v) is 4.64. The number of rotatable bonds is 6. The highest BCUT2D eigenvalue weighted by Gasteiger charge is 2.15. The molecule has 0 fully saturated rings. The number of benzene rings is 2. The summed E-state index contributed by atoms with van der Waals surface area (Å²) < 4.78 is 4.21. The van der Waals surface area contributed by atoms with Crippen LogP contribution in [0.4, 0.5) is 0 Å². The molecule has 0 aliphatic rings. The molecule has 8 heteroatoms. The largest absolute Gasteiger partial charge is 0.382 e. The number of amidine groups is 1. The van der Waals surface area contributed by atoms with Crippen LogP contribution >= 0.6 is 0 Å². The summed E-state index contributed by atoms with van der Waals surface area (Å²) in [4.78, 5) is 14.0. The Morgan fingerprint density at radius 1 is 0.972 bits per heavy atom. The van der Waals surface area contributed by atoms with Crippen molar-refractivity contribution in [2.45, 2.75) is 40.7 Å². The van der Waals surface area contributed by atoms with E-state index in [0.29, 0.717) is 6.54 Å². The molecule has 182 valence electrons. The summed E-state index contributed by atoms with van der Waals surface area (Å²) in [6.45, 7) is 8.91. The first-order valence-electron chi connectivity index (χ1n) is 12.0. The Bertz CT molecular complexity index is 1590. The molecule has 0 saturated carbocycles. The number of nitrogens with zero attached hydrogens (tertiary/aromatic N) is 6. The first-order chi connectivity index (χ1) is 17.4. The fraction of sp³-hybridized carbons (Fsp3) is 0.214. The molecule has 8 nitrogen and oxygen atoms in total. The van der Waals surface area contributed by atoms with Gasteiger partial charge in [-0.25, -0.2) is 15.0 Å². The van der Waals surface area contributed by atoms with Gasteiger partial charge in [-0.1, -0.05) is 31.2 Å². The van der Waals surface area contributed by atoms with Crippen LogP contribution in [-0.2, 0) is 13.0 Å². The third-order valence-electron chi connectivity index (χ3n) is 6.45. The van der Waals surface area contributed by atoms with Gasteiger partial charge in [0, 0.05) is 29.6 Å². The Morgan fingerprint density at radius 2 is 1.75 bits per heavy atom. The van der Waals surface area contributed by atoms with Gasteiger partial charge in [0.25, 0.3) is 0 Å². The monoisotopic (exact) mass is 478 g/mol. The van der Waals surface area contributed by atoms with Crippen molar-refractivity contribution < 1.29 is 0 Å². The lowest BCUT2D eigenvalue weighted by molar-refractivity contribution is 0.745. The van der Waals surface area contributed by atoms with Gasteiger partial charge >= 0.3 is 0 Å². The van der Waals surface area contributed by atoms with Crippen LogP contribution in [0.15, 0.2) is 66.2 Å². The van der Waals surface area contributed by atoms with Gasteiger partial charge < -0.3 is 20.7 Å².